The van der Waals surface area contributed by atoms with E-state index < -0.39 is 6.04 Å². The van der Waals surface area contributed by atoms with Crippen LogP contribution in [-0.2, 0) is 11.3 Å². The van der Waals surface area contributed by atoms with Gasteiger partial charge in [-0.2, -0.15) is 0 Å². The molecule has 0 saturated carbocycles. The van der Waals surface area contributed by atoms with E-state index in [-0.39, 0.29) is 5.91 Å². The van der Waals surface area contributed by atoms with Crippen molar-refractivity contribution >= 4 is 5.91 Å². The molecule has 1 heterocycles. The SMILES string of the molecule is CCN(Cc1cccc(C)n1)C(=O)[C@@H](N)CC(C)C. The predicted octanol–water partition coefficient (Wildman–Crippen LogP) is 2.11. The summed E-state index contributed by atoms with van der Waals surface area (Å²) < 4.78 is 0. The molecule has 0 unspecified atom stereocenters. The van der Waals surface area contributed by atoms with Crippen molar-refractivity contribution in [2.24, 2.45) is 11.7 Å². The van der Waals surface area contributed by atoms with Crippen LogP contribution < -0.4 is 5.73 Å². The molecular weight excluding hydrogens is 238 g/mol. The highest BCUT2D eigenvalue weighted by molar-refractivity contribution is 5.81. The molecule has 1 amide bonds. The second-order valence-electron chi connectivity index (χ2n) is 5.36. The Morgan fingerprint density at radius 3 is 2.63 bits per heavy atom. The van der Waals surface area contributed by atoms with Gasteiger partial charge in [-0.25, -0.2) is 0 Å². The molecule has 19 heavy (non-hydrogen) atoms. The van der Waals surface area contributed by atoms with Gasteiger partial charge < -0.3 is 10.6 Å². The Kier molecular flexibility index (Phi) is 5.96. The fourth-order valence-corrected chi connectivity index (χ4v) is 2.07. The minimum absolute atomic E-state index is 0.0134. The zero-order valence-corrected chi connectivity index (χ0v) is 12.4. The van der Waals surface area contributed by atoms with E-state index in [1.54, 1.807) is 4.90 Å². The van der Waals surface area contributed by atoms with Gasteiger partial charge in [0.15, 0.2) is 0 Å². The first-order valence-electron chi connectivity index (χ1n) is 6.91. The number of aromatic nitrogens is 1. The van der Waals surface area contributed by atoms with Crippen molar-refractivity contribution in [1.29, 1.82) is 0 Å². The monoisotopic (exact) mass is 263 g/mol. The van der Waals surface area contributed by atoms with Crippen molar-refractivity contribution < 1.29 is 4.79 Å². The molecule has 0 aromatic carbocycles. The van der Waals surface area contributed by atoms with Crippen molar-refractivity contribution in [3.8, 4) is 0 Å². The van der Waals surface area contributed by atoms with Gasteiger partial charge in [-0.15, -0.1) is 0 Å². The molecule has 0 fully saturated rings. The lowest BCUT2D eigenvalue weighted by Crippen LogP contribution is -2.44. The molecule has 0 aliphatic rings. The summed E-state index contributed by atoms with van der Waals surface area (Å²) in [5.74, 6) is 0.439. The lowest BCUT2D eigenvalue weighted by atomic mass is 10.0. The standard InChI is InChI=1S/C15H25N3O/c1-5-18(15(19)14(16)9-11(2)3)10-13-8-6-7-12(4)17-13/h6-8,11,14H,5,9-10,16H2,1-4H3/t14-/m0/s1. The first kappa shape index (κ1) is 15.6. The Bertz CT molecular complexity index is 418. The number of rotatable bonds is 6. The molecule has 1 aromatic rings. The van der Waals surface area contributed by atoms with Crippen LogP contribution in [0.1, 0.15) is 38.6 Å². The van der Waals surface area contributed by atoms with Gasteiger partial charge in [0.25, 0.3) is 0 Å². The van der Waals surface area contributed by atoms with Gasteiger partial charge in [-0.1, -0.05) is 19.9 Å². The van der Waals surface area contributed by atoms with E-state index in [0.717, 1.165) is 17.8 Å². The summed E-state index contributed by atoms with van der Waals surface area (Å²) in [6.45, 7) is 9.25. The van der Waals surface area contributed by atoms with Crippen LogP contribution >= 0.6 is 0 Å². The fourth-order valence-electron chi connectivity index (χ4n) is 2.07. The lowest BCUT2D eigenvalue weighted by Gasteiger charge is -2.25. The van der Waals surface area contributed by atoms with Gasteiger partial charge in [-0.3, -0.25) is 9.78 Å². The Morgan fingerprint density at radius 2 is 2.11 bits per heavy atom. The van der Waals surface area contributed by atoms with E-state index in [1.807, 2.05) is 32.0 Å². The number of nitrogens with two attached hydrogens (primary N) is 1. The smallest absolute Gasteiger partial charge is 0.239 e. The molecule has 0 saturated heterocycles. The number of aryl methyl sites for hydroxylation is 1. The first-order chi connectivity index (χ1) is 8.93. The third kappa shape index (κ3) is 4.99. The summed E-state index contributed by atoms with van der Waals surface area (Å²) in [6.07, 6.45) is 0.719. The maximum absolute atomic E-state index is 12.3. The summed E-state index contributed by atoms with van der Waals surface area (Å²) in [7, 11) is 0. The average molecular weight is 263 g/mol. The molecule has 2 N–H and O–H groups in total. The molecule has 0 aliphatic carbocycles. The van der Waals surface area contributed by atoms with Gasteiger partial charge in [0.2, 0.25) is 5.91 Å². The van der Waals surface area contributed by atoms with E-state index in [9.17, 15) is 4.79 Å². The fraction of sp³-hybridized carbons (Fsp3) is 0.600. The second kappa shape index (κ2) is 7.24. The van der Waals surface area contributed by atoms with Crippen molar-refractivity contribution in [1.82, 2.24) is 9.88 Å². The van der Waals surface area contributed by atoms with Crippen LogP contribution in [0.3, 0.4) is 0 Å². The quantitative estimate of drug-likeness (QED) is 0.855. The van der Waals surface area contributed by atoms with Crippen LogP contribution in [0.5, 0.6) is 0 Å². The molecule has 1 atom stereocenters. The molecule has 106 valence electrons. The topological polar surface area (TPSA) is 59.2 Å². The maximum Gasteiger partial charge on any atom is 0.239 e. The zero-order chi connectivity index (χ0) is 14.4. The number of hydrogen-bond acceptors (Lipinski definition) is 3. The van der Waals surface area contributed by atoms with Gasteiger partial charge in [0.05, 0.1) is 18.3 Å². The summed E-state index contributed by atoms with van der Waals surface area (Å²) in [6, 6.07) is 5.44. The van der Waals surface area contributed by atoms with E-state index >= 15 is 0 Å². The normalized spacial score (nSPS) is 12.5. The number of carbonyl (C=O) groups is 1. The number of carbonyl (C=O) groups excluding carboxylic acids is 1. The Balaban J connectivity index is 2.70. The van der Waals surface area contributed by atoms with E-state index in [2.05, 4.69) is 18.8 Å². The lowest BCUT2D eigenvalue weighted by molar-refractivity contribution is -0.133. The third-order valence-corrected chi connectivity index (χ3v) is 3.03. The van der Waals surface area contributed by atoms with Crippen molar-refractivity contribution in [3.05, 3.63) is 29.6 Å². The van der Waals surface area contributed by atoms with Crippen LogP contribution in [-0.4, -0.2) is 28.4 Å². The van der Waals surface area contributed by atoms with Crippen LogP contribution in [0.15, 0.2) is 18.2 Å². The molecule has 0 spiro atoms. The van der Waals surface area contributed by atoms with E-state index in [1.165, 1.54) is 0 Å². The summed E-state index contributed by atoms with van der Waals surface area (Å²) in [5, 5.41) is 0. The van der Waals surface area contributed by atoms with Crippen LogP contribution in [0.25, 0.3) is 0 Å². The first-order valence-corrected chi connectivity index (χ1v) is 6.91. The van der Waals surface area contributed by atoms with Gasteiger partial charge >= 0.3 is 0 Å². The highest BCUT2D eigenvalue weighted by atomic mass is 16.2. The Labute approximate surface area is 116 Å². The number of likely N-dealkylation sites (N-methyl/N-ethyl adjacent to an activating group) is 1. The molecule has 0 aliphatic heterocycles. The Morgan fingerprint density at radius 1 is 1.42 bits per heavy atom. The summed E-state index contributed by atoms with van der Waals surface area (Å²) in [5.41, 5.74) is 7.84. The number of nitrogens with zero attached hydrogens (tertiary/aromatic N) is 2. The minimum atomic E-state index is -0.412. The largest absolute Gasteiger partial charge is 0.336 e. The summed E-state index contributed by atoms with van der Waals surface area (Å²) in [4.78, 5) is 18.5. The van der Waals surface area contributed by atoms with E-state index in [4.69, 9.17) is 5.73 Å². The number of pyridine rings is 1. The molecular formula is C15H25N3O. The van der Waals surface area contributed by atoms with Crippen molar-refractivity contribution in [2.45, 2.75) is 46.7 Å². The van der Waals surface area contributed by atoms with Crippen molar-refractivity contribution in [2.75, 3.05) is 6.54 Å². The van der Waals surface area contributed by atoms with E-state index in [0.29, 0.717) is 19.0 Å². The van der Waals surface area contributed by atoms with Crippen LogP contribution in [0, 0.1) is 12.8 Å². The highest BCUT2D eigenvalue weighted by Gasteiger charge is 2.21. The molecule has 0 radical (unpaired) electrons. The van der Waals surface area contributed by atoms with Crippen molar-refractivity contribution in [3.63, 3.8) is 0 Å². The second-order valence-corrected chi connectivity index (χ2v) is 5.36. The summed E-state index contributed by atoms with van der Waals surface area (Å²) >= 11 is 0. The van der Waals surface area contributed by atoms with Gasteiger partial charge in [0, 0.05) is 12.2 Å². The zero-order valence-electron chi connectivity index (χ0n) is 12.4. The predicted molar refractivity (Wildman–Crippen MR) is 77.5 cm³/mol. The number of hydrogen-bond donors (Lipinski definition) is 1. The minimum Gasteiger partial charge on any atom is -0.336 e. The van der Waals surface area contributed by atoms with Gasteiger partial charge in [-0.05, 0) is 38.3 Å². The maximum atomic E-state index is 12.3. The molecule has 1 rings (SSSR count). The Hall–Kier alpha value is -1.42. The van der Waals surface area contributed by atoms with Crippen LogP contribution in [0.2, 0.25) is 0 Å². The molecule has 1 aromatic heterocycles. The highest BCUT2D eigenvalue weighted by Crippen LogP contribution is 2.09. The average Bonchev–Trinajstić information content (AvgIpc) is 2.34. The van der Waals surface area contributed by atoms with Crippen LogP contribution in [0.4, 0.5) is 0 Å². The molecule has 4 nitrogen and oxygen atoms in total. The number of amides is 1. The van der Waals surface area contributed by atoms with Gasteiger partial charge in [0.1, 0.15) is 0 Å². The molecule has 0 bridgehead atoms. The third-order valence-electron chi connectivity index (χ3n) is 3.03. The molecule has 4 heteroatoms.